The number of carbonyl (C=O) groups is 1. The molecule has 1 saturated heterocycles. The molecule has 0 aliphatic carbocycles. The van der Waals surface area contributed by atoms with Crippen molar-refractivity contribution in [2.24, 2.45) is 5.92 Å². The fraction of sp³-hybridized carbons (Fsp3) is 0.259. The topological polar surface area (TPSA) is 50.2 Å². The zero-order valence-electron chi connectivity index (χ0n) is 18.8. The zero-order valence-corrected chi connectivity index (χ0v) is 21.1. The summed E-state index contributed by atoms with van der Waals surface area (Å²) in [6.07, 6.45) is 1.69. The van der Waals surface area contributed by atoms with Crippen LogP contribution in [-0.2, 0) is 17.9 Å². The fourth-order valence-corrected chi connectivity index (χ4v) is 4.92. The van der Waals surface area contributed by atoms with Gasteiger partial charge in [0.05, 0.1) is 17.6 Å². The van der Waals surface area contributed by atoms with E-state index in [1.165, 1.54) is 5.56 Å². The number of piperidine rings is 1. The van der Waals surface area contributed by atoms with E-state index >= 15 is 0 Å². The van der Waals surface area contributed by atoms with Crippen molar-refractivity contribution in [3.8, 4) is 0 Å². The number of imidazole rings is 1. The van der Waals surface area contributed by atoms with Crippen LogP contribution in [-0.4, -0.2) is 33.4 Å². The zero-order chi connectivity index (χ0) is 23.5. The number of carbonyl (C=O) groups excluding carboxylic acids is 1. The molecule has 4 aromatic rings. The number of para-hydroxylation sites is 2. The summed E-state index contributed by atoms with van der Waals surface area (Å²) in [7, 11) is 0. The number of likely N-dealkylation sites (tertiary alicyclic amines) is 1. The molecule has 1 N–H and O–H groups in total. The van der Waals surface area contributed by atoms with Gasteiger partial charge in [-0.1, -0.05) is 51.8 Å². The molecule has 3 aromatic carbocycles. The fourth-order valence-electron chi connectivity index (χ4n) is 4.53. The molecular weight excluding hydrogens is 512 g/mol. The van der Waals surface area contributed by atoms with Gasteiger partial charge in [0.25, 0.3) is 0 Å². The molecule has 1 amide bonds. The molecule has 1 aromatic heterocycles. The molecule has 7 heteroatoms. The lowest BCUT2D eigenvalue weighted by molar-refractivity contribution is -0.121. The summed E-state index contributed by atoms with van der Waals surface area (Å²) in [5.41, 5.74) is 4.18. The Balaban J connectivity index is 1.25. The van der Waals surface area contributed by atoms with E-state index in [-0.39, 0.29) is 11.8 Å². The van der Waals surface area contributed by atoms with Gasteiger partial charge in [0.2, 0.25) is 5.91 Å². The molecule has 1 aliphatic rings. The van der Waals surface area contributed by atoms with E-state index in [4.69, 9.17) is 16.6 Å². The van der Waals surface area contributed by atoms with Crippen LogP contribution in [0.5, 0.6) is 0 Å². The first kappa shape index (κ1) is 23.1. The Morgan fingerprint density at radius 1 is 0.971 bits per heavy atom. The van der Waals surface area contributed by atoms with Crippen molar-refractivity contribution in [3.05, 3.63) is 93.7 Å². The average Bonchev–Trinajstić information content (AvgIpc) is 3.19. The Labute approximate surface area is 212 Å². The van der Waals surface area contributed by atoms with Crippen molar-refractivity contribution in [1.82, 2.24) is 14.5 Å². The van der Waals surface area contributed by atoms with Gasteiger partial charge in [-0.25, -0.2) is 4.98 Å². The lowest BCUT2D eigenvalue weighted by Crippen LogP contribution is -2.38. The number of hydrogen-bond acceptors (Lipinski definition) is 3. The SMILES string of the molecule is O=C(Nc1ccc(Br)cc1)C1CCN(Cc2nc3ccccc3n2Cc2ccc(Cl)cc2)CC1. The molecule has 5 nitrogen and oxygen atoms in total. The Kier molecular flexibility index (Phi) is 6.99. The third-order valence-electron chi connectivity index (χ3n) is 6.42. The van der Waals surface area contributed by atoms with Crippen molar-refractivity contribution in [1.29, 1.82) is 0 Å². The van der Waals surface area contributed by atoms with Gasteiger partial charge in [-0.15, -0.1) is 0 Å². The molecule has 1 aliphatic heterocycles. The number of rotatable bonds is 6. The predicted molar refractivity (Wildman–Crippen MR) is 141 cm³/mol. The van der Waals surface area contributed by atoms with Crippen LogP contribution in [0.3, 0.4) is 0 Å². The molecule has 1 fully saturated rings. The van der Waals surface area contributed by atoms with Crippen molar-refractivity contribution in [3.63, 3.8) is 0 Å². The Morgan fingerprint density at radius 2 is 1.68 bits per heavy atom. The second-order valence-electron chi connectivity index (χ2n) is 8.78. The number of aromatic nitrogens is 2. The maximum absolute atomic E-state index is 12.7. The van der Waals surface area contributed by atoms with Crippen molar-refractivity contribution in [2.45, 2.75) is 25.9 Å². The molecule has 0 unspecified atom stereocenters. The van der Waals surface area contributed by atoms with E-state index in [0.717, 1.165) is 71.1 Å². The monoisotopic (exact) mass is 536 g/mol. The van der Waals surface area contributed by atoms with E-state index in [0.29, 0.717) is 0 Å². The summed E-state index contributed by atoms with van der Waals surface area (Å²) in [6, 6.07) is 24.0. The molecule has 0 atom stereocenters. The van der Waals surface area contributed by atoms with Gasteiger partial charge >= 0.3 is 0 Å². The number of nitrogens with zero attached hydrogens (tertiary/aromatic N) is 3. The Morgan fingerprint density at radius 3 is 2.41 bits per heavy atom. The summed E-state index contributed by atoms with van der Waals surface area (Å²) >= 11 is 9.51. The Hall–Kier alpha value is -2.67. The normalized spacial score (nSPS) is 15.0. The van der Waals surface area contributed by atoms with Crippen LogP contribution in [0, 0.1) is 5.92 Å². The van der Waals surface area contributed by atoms with Gasteiger partial charge in [0.1, 0.15) is 5.82 Å². The van der Waals surface area contributed by atoms with Crippen molar-refractivity contribution >= 4 is 50.2 Å². The number of fused-ring (bicyclic) bond motifs is 1. The van der Waals surface area contributed by atoms with E-state index < -0.39 is 0 Å². The van der Waals surface area contributed by atoms with Crippen LogP contribution in [0.4, 0.5) is 5.69 Å². The van der Waals surface area contributed by atoms with Gasteiger partial charge < -0.3 is 9.88 Å². The lowest BCUT2D eigenvalue weighted by atomic mass is 9.96. The van der Waals surface area contributed by atoms with Crippen LogP contribution in [0.2, 0.25) is 5.02 Å². The van der Waals surface area contributed by atoms with Crippen LogP contribution in [0.25, 0.3) is 11.0 Å². The third kappa shape index (κ3) is 5.35. The first-order valence-corrected chi connectivity index (χ1v) is 12.7. The van der Waals surface area contributed by atoms with Crippen LogP contribution < -0.4 is 5.32 Å². The highest BCUT2D eigenvalue weighted by atomic mass is 79.9. The summed E-state index contributed by atoms with van der Waals surface area (Å²) < 4.78 is 3.30. The minimum atomic E-state index is 0.0350. The minimum Gasteiger partial charge on any atom is -0.326 e. The van der Waals surface area contributed by atoms with Crippen molar-refractivity contribution in [2.75, 3.05) is 18.4 Å². The predicted octanol–water partition coefficient (Wildman–Crippen LogP) is 6.35. The summed E-state index contributed by atoms with van der Waals surface area (Å²) in [6.45, 7) is 3.27. The highest BCUT2D eigenvalue weighted by Crippen LogP contribution is 2.24. The summed E-state index contributed by atoms with van der Waals surface area (Å²) in [5.74, 6) is 1.19. The number of halogens is 2. The van der Waals surface area contributed by atoms with Gasteiger partial charge in [-0.2, -0.15) is 0 Å². The summed E-state index contributed by atoms with van der Waals surface area (Å²) in [5, 5.41) is 3.80. The van der Waals surface area contributed by atoms with E-state index in [2.05, 4.69) is 61.0 Å². The average molecular weight is 538 g/mol. The quantitative estimate of drug-likeness (QED) is 0.312. The largest absolute Gasteiger partial charge is 0.326 e. The van der Waals surface area contributed by atoms with Gasteiger partial charge in [-0.05, 0) is 80.0 Å². The van der Waals surface area contributed by atoms with E-state index in [1.54, 1.807) is 0 Å². The minimum absolute atomic E-state index is 0.0350. The standard InChI is InChI=1S/C27H26BrClN4O/c28-21-7-11-23(12-8-21)30-27(34)20-13-15-32(16-14-20)18-26-31-24-3-1-2-4-25(24)33(26)17-19-5-9-22(29)10-6-19/h1-12,20H,13-18H2,(H,30,34). The van der Waals surface area contributed by atoms with Gasteiger partial charge in [-0.3, -0.25) is 9.69 Å². The molecular formula is C27H26BrClN4O. The van der Waals surface area contributed by atoms with Crippen LogP contribution >= 0.6 is 27.5 Å². The van der Waals surface area contributed by atoms with Gasteiger partial charge in [0.15, 0.2) is 0 Å². The number of benzene rings is 3. The number of nitrogens with one attached hydrogen (secondary N) is 1. The molecule has 0 spiro atoms. The number of hydrogen-bond donors (Lipinski definition) is 1. The van der Waals surface area contributed by atoms with Crippen molar-refractivity contribution < 1.29 is 4.79 Å². The molecule has 5 rings (SSSR count). The molecule has 174 valence electrons. The molecule has 0 bridgehead atoms. The van der Waals surface area contributed by atoms with E-state index in [1.807, 2.05) is 42.5 Å². The summed E-state index contributed by atoms with van der Waals surface area (Å²) in [4.78, 5) is 20.1. The lowest BCUT2D eigenvalue weighted by Gasteiger charge is -2.31. The van der Waals surface area contributed by atoms with Crippen LogP contribution in [0.15, 0.2) is 77.3 Å². The highest BCUT2D eigenvalue weighted by molar-refractivity contribution is 9.10. The smallest absolute Gasteiger partial charge is 0.227 e. The Bertz CT molecular complexity index is 1280. The second-order valence-corrected chi connectivity index (χ2v) is 10.1. The maximum atomic E-state index is 12.7. The molecule has 0 radical (unpaired) electrons. The molecule has 34 heavy (non-hydrogen) atoms. The second kappa shape index (κ2) is 10.3. The number of anilines is 1. The third-order valence-corrected chi connectivity index (χ3v) is 7.20. The van der Waals surface area contributed by atoms with Gasteiger partial charge in [0, 0.05) is 27.6 Å². The first-order chi connectivity index (χ1) is 16.5. The van der Waals surface area contributed by atoms with Crippen LogP contribution in [0.1, 0.15) is 24.2 Å². The maximum Gasteiger partial charge on any atom is 0.227 e. The highest BCUT2D eigenvalue weighted by Gasteiger charge is 2.26. The van der Waals surface area contributed by atoms with E-state index in [9.17, 15) is 4.79 Å². The number of amides is 1. The molecule has 2 heterocycles. The first-order valence-electron chi connectivity index (χ1n) is 11.5. The molecule has 0 saturated carbocycles.